The third-order valence-corrected chi connectivity index (χ3v) is 8.36. The second kappa shape index (κ2) is 16.2. The van der Waals surface area contributed by atoms with E-state index < -0.39 is 16.7 Å². The van der Waals surface area contributed by atoms with Gasteiger partial charge in [0.25, 0.3) is 17.5 Å². The van der Waals surface area contributed by atoms with E-state index in [1.165, 1.54) is 35.2 Å². The van der Waals surface area contributed by atoms with E-state index in [2.05, 4.69) is 20.9 Å². The molecule has 0 aliphatic carbocycles. The number of nitrogens with one attached hydrogen (secondary N) is 3. The van der Waals surface area contributed by atoms with Crippen molar-refractivity contribution in [3.63, 3.8) is 0 Å². The fourth-order valence-corrected chi connectivity index (χ4v) is 5.88. The number of amides is 3. The van der Waals surface area contributed by atoms with Crippen molar-refractivity contribution >= 4 is 63.4 Å². The van der Waals surface area contributed by atoms with Crippen molar-refractivity contribution in [2.75, 3.05) is 23.0 Å². The minimum absolute atomic E-state index is 0.0152. The molecule has 0 saturated carbocycles. The van der Waals surface area contributed by atoms with E-state index in [1.54, 1.807) is 84.3 Å². The smallest absolute Gasteiger partial charge is 0.272 e. The molecular weight excluding hydrogens is 651 g/mol. The van der Waals surface area contributed by atoms with Gasteiger partial charge in [0.1, 0.15) is 11.4 Å². The Labute approximate surface area is 284 Å². The number of hydrogen-bond acceptors (Lipinski definition) is 9. The van der Waals surface area contributed by atoms with Gasteiger partial charge in [0.15, 0.2) is 5.13 Å². The van der Waals surface area contributed by atoms with Crippen LogP contribution in [0.1, 0.15) is 22.8 Å². The van der Waals surface area contributed by atoms with Crippen LogP contribution in [0, 0.1) is 10.1 Å². The number of benzene rings is 4. The number of carbonyl (C=O) groups is 3. The van der Waals surface area contributed by atoms with Crippen molar-refractivity contribution in [1.29, 1.82) is 0 Å². The minimum atomic E-state index is -0.547. The lowest BCUT2D eigenvalue weighted by Gasteiger charge is -2.13. The highest BCUT2D eigenvalue weighted by Gasteiger charge is 2.17. The summed E-state index contributed by atoms with van der Waals surface area (Å²) in [5.74, 6) is -0.659. The van der Waals surface area contributed by atoms with Gasteiger partial charge < -0.3 is 20.7 Å². The average Bonchev–Trinajstić information content (AvgIpc) is 3.57. The van der Waals surface area contributed by atoms with Gasteiger partial charge in [-0.15, -0.1) is 23.1 Å². The number of non-ortho nitro benzene ring substituents is 1. The maximum absolute atomic E-state index is 13.5. The number of thioether (sulfide) groups is 1. The van der Waals surface area contributed by atoms with E-state index in [0.717, 1.165) is 4.90 Å². The number of ether oxygens (including phenoxy) is 1. The van der Waals surface area contributed by atoms with E-state index >= 15 is 0 Å². The second-order valence-electron chi connectivity index (χ2n) is 10.0. The predicted octanol–water partition coefficient (Wildman–Crippen LogP) is 7.26. The Morgan fingerprint density at radius 1 is 0.938 bits per heavy atom. The van der Waals surface area contributed by atoms with Gasteiger partial charge in [-0.2, -0.15) is 0 Å². The van der Waals surface area contributed by atoms with Crippen LogP contribution in [0.4, 0.5) is 16.5 Å². The summed E-state index contributed by atoms with van der Waals surface area (Å²) in [6, 6.07) is 28.9. The average molecular weight is 680 g/mol. The first kappa shape index (κ1) is 33.6. The molecule has 11 nitrogen and oxygen atoms in total. The lowest BCUT2D eigenvalue weighted by molar-refractivity contribution is -0.384. The standard InChI is InChI=1S/C35H29N5O6S2/c1-2-46-31-17-7-6-12-25(31)19-29(37-33(42)23-10-4-3-5-11-23)34(43)36-26-14-9-16-28(20-26)47-22-32(41)39-35-38-30(21-48-35)24-13-8-15-27(18-24)40(44)45/h3-21H,2,22H2,1H3,(H,36,43)(H,37,42)(H,38,39,41)/b29-19+. The number of rotatable bonds is 13. The quantitative estimate of drug-likeness (QED) is 0.0509. The topological polar surface area (TPSA) is 153 Å². The molecule has 4 aromatic carbocycles. The van der Waals surface area contributed by atoms with Crippen LogP contribution in [0.25, 0.3) is 17.3 Å². The molecule has 0 saturated heterocycles. The van der Waals surface area contributed by atoms with Crippen LogP contribution in [0.5, 0.6) is 5.75 Å². The summed E-state index contributed by atoms with van der Waals surface area (Å²) in [6.45, 7) is 2.29. The number of aromatic nitrogens is 1. The van der Waals surface area contributed by atoms with Crippen molar-refractivity contribution < 1.29 is 24.0 Å². The van der Waals surface area contributed by atoms with Crippen LogP contribution in [0.15, 0.2) is 119 Å². The van der Waals surface area contributed by atoms with E-state index in [-0.39, 0.29) is 23.0 Å². The third kappa shape index (κ3) is 9.15. The molecule has 0 spiro atoms. The van der Waals surface area contributed by atoms with Gasteiger partial charge in [-0.3, -0.25) is 24.5 Å². The molecule has 3 amide bonds. The first-order valence-corrected chi connectivity index (χ1v) is 16.5. The van der Waals surface area contributed by atoms with Crippen LogP contribution in [-0.4, -0.2) is 40.0 Å². The summed E-state index contributed by atoms with van der Waals surface area (Å²) in [5.41, 5.74) is 2.54. The van der Waals surface area contributed by atoms with Gasteiger partial charge in [-0.25, -0.2) is 4.98 Å². The number of nitrogens with zero attached hydrogens (tertiary/aromatic N) is 2. The van der Waals surface area contributed by atoms with Gasteiger partial charge in [-0.05, 0) is 49.4 Å². The van der Waals surface area contributed by atoms with E-state index in [4.69, 9.17) is 4.74 Å². The van der Waals surface area contributed by atoms with E-state index in [9.17, 15) is 24.5 Å². The molecule has 5 rings (SSSR count). The fraction of sp³-hybridized carbons (Fsp3) is 0.0857. The molecule has 0 aliphatic rings. The normalized spacial score (nSPS) is 11.0. The number of anilines is 2. The number of thiazole rings is 1. The largest absolute Gasteiger partial charge is 0.493 e. The summed E-state index contributed by atoms with van der Waals surface area (Å²) in [6.07, 6.45) is 1.56. The zero-order valence-electron chi connectivity index (χ0n) is 25.5. The number of nitro groups is 1. The summed E-state index contributed by atoms with van der Waals surface area (Å²) >= 11 is 2.48. The zero-order chi connectivity index (χ0) is 33.9. The van der Waals surface area contributed by atoms with Gasteiger partial charge in [0.2, 0.25) is 5.91 Å². The van der Waals surface area contributed by atoms with Crippen molar-refractivity contribution in [3.05, 3.63) is 135 Å². The number of carbonyl (C=O) groups excluding carboxylic acids is 3. The third-order valence-electron chi connectivity index (χ3n) is 6.61. The molecule has 3 N–H and O–H groups in total. The Bertz CT molecular complexity index is 1980. The Morgan fingerprint density at radius 3 is 2.50 bits per heavy atom. The molecule has 0 radical (unpaired) electrons. The van der Waals surface area contributed by atoms with Crippen molar-refractivity contribution in [3.8, 4) is 17.0 Å². The molecule has 0 unspecified atom stereocenters. The maximum atomic E-state index is 13.5. The molecule has 0 aliphatic heterocycles. The number of hydrogen-bond donors (Lipinski definition) is 3. The summed E-state index contributed by atoms with van der Waals surface area (Å²) < 4.78 is 5.71. The van der Waals surface area contributed by atoms with Crippen LogP contribution >= 0.6 is 23.1 Å². The predicted molar refractivity (Wildman–Crippen MR) is 188 cm³/mol. The van der Waals surface area contributed by atoms with Gasteiger partial charge in [0, 0.05) is 44.8 Å². The Kier molecular flexibility index (Phi) is 11.3. The Balaban J connectivity index is 1.24. The molecule has 5 aromatic rings. The lowest BCUT2D eigenvalue weighted by atomic mass is 10.1. The summed E-state index contributed by atoms with van der Waals surface area (Å²) in [4.78, 5) is 55.0. The van der Waals surface area contributed by atoms with Crippen LogP contribution in [0.3, 0.4) is 0 Å². The molecule has 1 aromatic heterocycles. The van der Waals surface area contributed by atoms with Crippen molar-refractivity contribution in [2.24, 2.45) is 0 Å². The first-order valence-electron chi connectivity index (χ1n) is 14.6. The molecular formula is C35H29N5O6S2. The molecule has 0 atom stereocenters. The molecule has 242 valence electrons. The van der Waals surface area contributed by atoms with E-state index in [1.807, 2.05) is 25.1 Å². The molecule has 0 bridgehead atoms. The molecule has 48 heavy (non-hydrogen) atoms. The van der Waals surface area contributed by atoms with Crippen LogP contribution in [-0.2, 0) is 9.59 Å². The van der Waals surface area contributed by atoms with Crippen molar-refractivity contribution in [1.82, 2.24) is 10.3 Å². The Morgan fingerprint density at radius 2 is 1.71 bits per heavy atom. The molecule has 1 heterocycles. The van der Waals surface area contributed by atoms with Crippen molar-refractivity contribution in [2.45, 2.75) is 11.8 Å². The summed E-state index contributed by atoms with van der Waals surface area (Å²) in [5, 5.41) is 21.5. The number of para-hydroxylation sites is 1. The first-order chi connectivity index (χ1) is 23.3. The summed E-state index contributed by atoms with van der Waals surface area (Å²) in [7, 11) is 0. The van der Waals surface area contributed by atoms with Crippen LogP contribution in [0.2, 0.25) is 0 Å². The Hall–Kier alpha value is -5.79. The highest BCUT2D eigenvalue weighted by atomic mass is 32.2. The molecule has 13 heteroatoms. The van der Waals surface area contributed by atoms with Gasteiger partial charge in [0.05, 0.1) is 23.0 Å². The monoisotopic (exact) mass is 679 g/mol. The van der Waals surface area contributed by atoms with Gasteiger partial charge in [-0.1, -0.05) is 54.6 Å². The van der Waals surface area contributed by atoms with Crippen LogP contribution < -0.4 is 20.7 Å². The molecule has 0 fully saturated rings. The van der Waals surface area contributed by atoms with Gasteiger partial charge >= 0.3 is 0 Å². The number of nitro benzene ring substituents is 1. The highest BCUT2D eigenvalue weighted by molar-refractivity contribution is 8.00. The van der Waals surface area contributed by atoms with E-state index in [0.29, 0.717) is 45.6 Å². The maximum Gasteiger partial charge on any atom is 0.272 e. The lowest BCUT2D eigenvalue weighted by Crippen LogP contribution is -2.30. The fourth-order valence-electron chi connectivity index (χ4n) is 4.39. The second-order valence-corrected chi connectivity index (χ2v) is 11.9. The highest BCUT2D eigenvalue weighted by Crippen LogP contribution is 2.28. The zero-order valence-corrected chi connectivity index (χ0v) is 27.2. The SMILES string of the molecule is CCOc1ccccc1/C=C(/NC(=O)c1ccccc1)C(=O)Nc1cccc(SCC(=O)Nc2nc(-c3cccc([N+](=O)[O-])c3)cs2)c1. The minimum Gasteiger partial charge on any atom is -0.493 e.